The lowest BCUT2D eigenvalue weighted by atomic mass is 9.47. The molecule has 0 aromatic carbocycles. The number of Topliss-reactive ketones (excluding diaryl/α,β-unsaturated/α-hetero) is 1. The number of carbonyl (C=O) groups is 1. The molecule has 4 fully saturated rings. The van der Waals surface area contributed by atoms with Crippen LogP contribution in [-0.4, -0.2) is 28.7 Å². The lowest BCUT2D eigenvalue weighted by Crippen LogP contribution is -2.54. The van der Waals surface area contributed by atoms with Crippen molar-refractivity contribution in [2.75, 3.05) is 0 Å². The van der Waals surface area contributed by atoms with Crippen LogP contribution in [0.25, 0.3) is 0 Å². The predicted octanol–water partition coefficient (Wildman–Crippen LogP) is 3.65. The molecule has 0 amide bonds. The molecule has 132 valence electrons. The van der Waals surface area contributed by atoms with E-state index >= 15 is 0 Å². The highest BCUT2D eigenvalue weighted by atomic mass is 16.6. The molecule has 1 heterocycles. The number of rotatable bonds is 1. The number of hydrogen-bond acceptors (Lipinski definition) is 3. The minimum Gasteiger partial charge on any atom is -0.393 e. The zero-order valence-corrected chi connectivity index (χ0v) is 15.2. The number of allylic oxidation sites excluding steroid dienone is 1. The second-order valence-electron chi connectivity index (χ2n) is 9.75. The molecule has 0 spiro atoms. The van der Waals surface area contributed by atoms with Gasteiger partial charge in [0.25, 0.3) is 0 Å². The van der Waals surface area contributed by atoms with E-state index in [9.17, 15) is 9.90 Å². The average molecular weight is 330 g/mol. The number of ketones is 1. The molecule has 4 aliphatic carbocycles. The summed E-state index contributed by atoms with van der Waals surface area (Å²) in [6.45, 7) is 6.54. The summed E-state index contributed by atoms with van der Waals surface area (Å²) >= 11 is 0. The molecule has 1 saturated heterocycles. The third-order valence-corrected chi connectivity index (χ3v) is 9.03. The second-order valence-corrected chi connectivity index (χ2v) is 9.75. The van der Waals surface area contributed by atoms with Crippen LogP contribution in [0.15, 0.2) is 11.6 Å². The molecule has 0 aromatic rings. The van der Waals surface area contributed by atoms with E-state index in [-0.39, 0.29) is 28.8 Å². The van der Waals surface area contributed by atoms with E-state index in [1.54, 1.807) is 6.92 Å². The zero-order chi connectivity index (χ0) is 16.9. The van der Waals surface area contributed by atoms with E-state index < -0.39 is 5.60 Å². The van der Waals surface area contributed by atoms with E-state index in [0.717, 1.165) is 44.4 Å². The number of hydrogen-bond donors (Lipinski definition) is 1. The Morgan fingerprint density at radius 1 is 1.25 bits per heavy atom. The van der Waals surface area contributed by atoms with Gasteiger partial charge in [-0.3, -0.25) is 4.79 Å². The van der Waals surface area contributed by atoms with Gasteiger partial charge in [-0.1, -0.05) is 25.5 Å². The first kappa shape index (κ1) is 15.6. The number of epoxide rings is 1. The fourth-order valence-corrected chi connectivity index (χ4v) is 7.71. The Hall–Kier alpha value is -0.670. The smallest absolute Gasteiger partial charge is 0.164 e. The number of aliphatic hydroxyl groups excluding tert-OH is 1. The van der Waals surface area contributed by atoms with Crippen LogP contribution >= 0.6 is 0 Å². The molecular formula is C21H30O3. The molecule has 5 rings (SSSR count). The van der Waals surface area contributed by atoms with Crippen LogP contribution in [0.4, 0.5) is 0 Å². The summed E-state index contributed by atoms with van der Waals surface area (Å²) in [5.74, 6) is 2.31. The number of ether oxygens (including phenoxy) is 1. The highest BCUT2D eigenvalue weighted by Gasteiger charge is 2.79. The van der Waals surface area contributed by atoms with Crippen LogP contribution in [0.2, 0.25) is 0 Å². The van der Waals surface area contributed by atoms with Crippen LogP contribution in [0.3, 0.4) is 0 Å². The molecule has 0 aromatic heterocycles. The molecule has 3 heteroatoms. The molecule has 8 atom stereocenters. The van der Waals surface area contributed by atoms with Crippen molar-refractivity contribution < 1.29 is 14.6 Å². The van der Waals surface area contributed by atoms with Crippen LogP contribution in [-0.2, 0) is 9.53 Å². The third kappa shape index (κ3) is 1.60. The Balaban J connectivity index is 1.51. The van der Waals surface area contributed by atoms with Crippen molar-refractivity contribution in [3.63, 3.8) is 0 Å². The van der Waals surface area contributed by atoms with E-state index in [0.29, 0.717) is 11.8 Å². The van der Waals surface area contributed by atoms with Gasteiger partial charge in [-0.05, 0) is 75.0 Å². The molecular weight excluding hydrogens is 300 g/mol. The maximum Gasteiger partial charge on any atom is 0.164 e. The summed E-state index contributed by atoms with van der Waals surface area (Å²) in [6.07, 6.45) is 10.0. The Kier molecular flexibility index (Phi) is 2.94. The lowest BCUT2D eigenvalue weighted by Gasteiger charge is -2.58. The summed E-state index contributed by atoms with van der Waals surface area (Å²) in [6, 6.07) is 0. The Morgan fingerprint density at radius 2 is 2.04 bits per heavy atom. The maximum absolute atomic E-state index is 12.4. The van der Waals surface area contributed by atoms with Crippen molar-refractivity contribution in [2.24, 2.45) is 28.6 Å². The fraction of sp³-hybridized carbons (Fsp3) is 0.857. The third-order valence-electron chi connectivity index (χ3n) is 9.03. The Bertz CT molecular complexity index is 639. The highest BCUT2D eigenvalue weighted by Crippen LogP contribution is 2.73. The topological polar surface area (TPSA) is 49.8 Å². The first-order valence-electron chi connectivity index (χ1n) is 9.89. The number of aliphatic hydroxyl groups is 1. The molecule has 3 nitrogen and oxygen atoms in total. The van der Waals surface area contributed by atoms with Gasteiger partial charge in [-0.25, -0.2) is 0 Å². The van der Waals surface area contributed by atoms with Crippen LogP contribution < -0.4 is 0 Å². The van der Waals surface area contributed by atoms with Gasteiger partial charge in [0.2, 0.25) is 0 Å². The van der Waals surface area contributed by atoms with Crippen molar-refractivity contribution in [3.05, 3.63) is 11.6 Å². The molecule has 3 saturated carbocycles. The van der Waals surface area contributed by atoms with Gasteiger partial charge >= 0.3 is 0 Å². The summed E-state index contributed by atoms with van der Waals surface area (Å²) in [7, 11) is 0. The van der Waals surface area contributed by atoms with Gasteiger partial charge in [-0.15, -0.1) is 0 Å². The quantitative estimate of drug-likeness (QED) is 0.590. The fourth-order valence-electron chi connectivity index (χ4n) is 7.71. The molecule has 1 N–H and O–H groups in total. The second kappa shape index (κ2) is 4.54. The van der Waals surface area contributed by atoms with Gasteiger partial charge in [-0.2, -0.15) is 0 Å². The largest absolute Gasteiger partial charge is 0.393 e. The van der Waals surface area contributed by atoms with E-state index in [1.165, 1.54) is 12.0 Å². The Morgan fingerprint density at radius 3 is 2.79 bits per heavy atom. The minimum atomic E-state index is -0.448. The molecule has 0 bridgehead atoms. The molecule has 1 aliphatic heterocycles. The minimum absolute atomic E-state index is 0.0422. The van der Waals surface area contributed by atoms with E-state index in [2.05, 4.69) is 19.9 Å². The number of carbonyl (C=O) groups excluding carboxylic acids is 1. The summed E-state index contributed by atoms with van der Waals surface area (Å²) < 4.78 is 6.00. The lowest BCUT2D eigenvalue weighted by molar-refractivity contribution is -0.135. The van der Waals surface area contributed by atoms with Crippen molar-refractivity contribution in [1.29, 1.82) is 0 Å². The zero-order valence-electron chi connectivity index (χ0n) is 15.2. The first-order valence-corrected chi connectivity index (χ1v) is 9.89. The molecule has 24 heavy (non-hydrogen) atoms. The Labute approximate surface area is 144 Å². The van der Waals surface area contributed by atoms with E-state index in [4.69, 9.17) is 4.74 Å². The van der Waals surface area contributed by atoms with Gasteiger partial charge in [0, 0.05) is 5.41 Å². The number of fused-ring (bicyclic) bond motifs is 7. The molecule has 5 aliphatic rings. The highest BCUT2D eigenvalue weighted by molar-refractivity contribution is 5.90. The summed E-state index contributed by atoms with van der Waals surface area (Å²) in [5.41, 5.74) is 1.39. The standard InChI is InChI=1S/C21H30O3/c1-12(22)21-18(24-21)11-17-15-5-4-13-10-14(23)6-8-19(13,2)16(15)7-9-20(17,21)3/h4,14-18,23H,5-11H2,1-3H3/t14-,15-,16+,17-,18-,19+,20-,21-/m1/s1. The average Bonchev–Trinajstić information content (AvgIpc) is 3.21. The van der Waals surface area contributed by atoms with Crippen molar-refractivity contribution >= 4 is 5.78 Å². The molecule has 0 unspecified atom stereocenters. The van der Waals surface area contributed by atoms with Crippen LogP contribution in [0.1, 0.15) is 65.7 Å². The van der Waals surface area contributed by atoms with E-state index in [1.807, 2.05) is 0 Å². The van der Waals surface area contributed by atoms with Crippen molar-refractivity contribution in [3.8, 4) is 0 Å². The normalized spacial score (nSPS) is 58.0. The van der Waals surface area contributed by atoms with Crippen LogP contribution in [0, 0.1) is 28.6 Å². The van der Waals surface area contributed by atoms with Crippen LogP contribution in [0.5, 0.6) is 0 Å². The van der Waals surface area contributed by atoms with Gasteiger partial charge in [0.1, 0.15) is 0 Å². The first-order chi connectivity index (χ1) is 11.3. The summed E-state index contributed by atoms with van der Waals surface area (Å²) in [4.78, 5) is 12.4. The van der Waals surface area contributed by atoms with Gasteiger partial charge < -0.3 is 9.84 Å². The van der Waals surface area contributed by atoms with Gasteiger partial charge in [0.05, 0.1) is 12.2 Å². The summed E-state index contributed by atoms with van der Waals surface area (Å²) in [5, 5.41) is 10.1. The monoisotopic (exact) mass is 330 g/mol. The van der Waals surface area contributed by atoms with Crippen molar-refractivity contribution in [1.82, 2.24) is 0 Å². The molecule has 0 radical (unpaired) electrons. The maximum atomic E-state index is 12.4. The predicted molar refractivity (Wildman–Crippen MR) is 91.4 cm³/mol. The SMILES string of the molecule is CC(=O)[C@@]12O[C@@H]1C[C@@H]1[C@@H]3CC=C4C[C@H](O)CC[C@]4(C)[C@H]3CC[C@]12C. The van der Waals surface area contributed by atoms with Gasteiger partial charge in [0.15, 0.2) is 11.4 Å². The van der Waals surface area contributed by atoms with Crippen molar-refractivity contribution in [2.45, 2.75) is 83.5 Å².